The fraction of sp³-hybridized carbons (Fsp3) is 0. The van der Waals surface area contributed by atoms with Crippen LogP contribution >= 0.6 is 18.8 Å². The Bertz CT molecular complexity index is 11.6. The number of hydrogen-bond donors (Lipinski definition) is 0. The third-order valence-corrected chi connectivity index (χ3v) is 0. The van der Waals surface area contributed by atoms with Crippen molar-refractivity contribution >= 4 is 18.8 Å². The SMILES string of the molecule is C=C.[Cl][Pt][Cl]. The van der Waals surface area contributed by atoms with Gasteiger partial charge in [-0.25, -0.2) is 0 Å². The van der Waals surface area contributed by atoms with Gasteiger partial charge >= 0.3 is 35.3 Å². The average Bonchev–Trinajstić information content (AvgIpc) is 1.46. The van der Waals surface area contributed by atoms with Crippen LogP contribution in [0.1, 0.15) is 0 Å². The van der Waals surface area contributed by atoms with Gasteiger partial charge < -0.3 is 0 Å². The van der Waals surface area contributed by atoms with Crippen LogP contribution < -0.4 is 0 Å². The molecule has 0 rings (SSSR count). The molecule has 0 amide bonds. The normalized spacial score (nSPS) is 5.20. The van der Waals surface area contributed by atoms with Crippen molar-refractivity contribution in [2.75, 3.05) is 0 Å². The summed E-state index contributed by atoms with van der Waals surface area (Å²) in [6.45, 7) is 6.00. The summed E-state index contributed by atoms with van der Waals surface area (Å²) in [4.78, 5) is 0. The fourth-order valence-electron chi connectivity index (χ4n) is 0. The van der Waals surface area contributed by atoms with Gasteiger partial charge in [-0.1, -0.05) is 0 Å². The Morgan fingerprint density at radius 2 is 1.20 bits per heavy atom. The quantitative estimate of drug-likeness (QED) is 0.601. The molecule has 0 spiro atoms. The van der Waals surface area contributed by atoms with E-state index in [1.807, 2.05) is 0 Å². The van der Waals surface area contributed by atoms with Gasteiger partial charge in [0.05, 0.1) is 0 Å². The average molecular weight is 294 g/mol. The molecule has 5 heavy (non-hydrogen) atoms. The molecule has 0 radical (unpaired) electrons. The van der Waals surface area contributed by atoms with E-state index in [0.717, 1.165) is 0 Å². The summed E-state index contributed by atoms with van der Waals surface area (Å²) in [5.41, 5.74) is 0. The number of hydrogen-bond acceptors (Lipinski definition) is 0. The summed E-state index contributed by atoms with van der Waals surface area (Å²) in [5.74, 6) is 0. The van der Waals surface area contributed by atoms with Crippen LogP contribution in [-0.2, 0) is 16.5 Å². The first-order valence-electron chi connectivity index (χ1n) is 0.739. The van der Waals surface area contributed by atoms with E-state index in [0.29, 0.717) is 0 Å². The Morgan fingerprint density at radius 3 is 1.20 bits per heavy atom. The molecule has 0 atom stereocenters. The monoisotopic (exact) mass is 293 g/mol. The molecule has 0 fully saturated rings. The van der Waals surface area contributed by atoms with Gasteiger partial charge in [0.2, 0.25) is 0 Å². The molecular formula is C2H4Cl2Pt. The first-order chi connectivity index (χ1) is 2.41. The summed E-state index contributed by atoms with van der Waals surface area (Å²) in [5, 5.41) is 0. The molecule has 0 nitrogen and oxygen atoms in total. The Balaban J connectivity index is 0. The molecule has 0 heterocycles. The molecule has 0 aliphatic rings. The Kier molecular flexibility index (Phi) is 37.4. The summed E-state index contributed by atoms with van der Waals surface area (Å²) < 4.78 is 0. The van der Waals surface area contributed by atoms with Crippen LogP contribution in [0.15, 0.2) is 13.2 Å². The van der Waals surface area contributed by atoms with Crippen LogP contribution in [0.25, 0.3) is 0 Å². The van der Waals surface area contributed by atoms with E-state index in [4.69, 9.17) is 18.8 Å². The molecule has 0 aliphatic carbocycles. The molecule has 0 aromatic carbocycles. The van der Waals surface area contributed by atoms with E-state index in [-0.39, 0.29) is 0 Å². The Labute approximate surface area is 48.5 Å². The molecule has 0 aromatic rings. The zero-order chi connectivity index (χ0) is 4.71. The van der Waals surface area contributed by atoms with Gasteiger partial charge in [0.25, 0.3) is 0 Å². The third kappa shape index (κ3) is 44.6. The third-order valence-electron chi connectivity index (χ3n) is 0. The van der Waals surface area contributed by atoms with Crippen LogP contribution in [-0.4, -0.2) is 0 Å². The van der Waals surface area contributed by atoms with Crippen LogP contribution in [0.3, 0.4) is 0 Å². The van der Waals surface area contributed by atoms with Crippen LogP contribution in [0.2, 0.25) is 0 Å². The van der Waals surface area contributed by atoms with Gasteiger partial charge in [-0.05, 0) is 0 Å². The van der Waals surface area contributed by atoms with Crippen LogP contribution in [0.5, 0.6) is 0 Å². The second-order valence-corrected chi connectivity index (χ2v) is 3.33. The van der Waals surface area contributed by atoms with Crippen molar-refractivity contribution in [2.45, 2.75) is 0 Å². The van der Waals surface area contributed by atoms with Crippen LogP contribution in [0, 0.1) is 0 Å². The molecule has 36 valence electrons. The molecule has 0 saturated carbocycles. The Hall–Kier alpha value is 1.01. The minimum atomic E-state index is -0.472. The maximum absolute atomic E-state index is 4.88. The van der Waals surface area contributed by atoms with E-state index < -0.39 is 16.5 Å². The van der Waals surface area contributed by atoms with E-state index in [9.17, 15) is 0 Å². The van der Waals surface area contributed by atoms with Gasteiger partial charge in [-0.3, -0.25) is 0 Å². The van der Waals surface area contributed by atoms with Gasteiger partial charge in [-0.2, -0.15) is 0 Å². The summed E-state index contributed by atoms with van der Waals surface area (Å²) in [7, 11) is 9.75. The predicted octanol–water partition coefficient (Wildman–Crippen LogP) is 2.18. The topological polar surface area (TPSA) is 0 Å². The summed E-state index contributed by atoms with van der Waals surface area (Å²) >= 11 is -0.472. The maximum atomic E-state index is 4.88. The number of rotatable bonds is 0. The number of halogens is 2. The second kappa shape index (κ2) is 20.0. The molecule has 0 bridgehead atoms. The molecule has 0 N–H and O–H groups in total. The first-order valence-corrected chi connectivity index (χ1v) is 6.37. The van der Waals surface area contributed by atoms with Gasteiger partial charge in [0.1, 0.15) is 0 Å². The van der Waals surface area contributed by atoms with Gasteiger partial charge in [0.15, 0.2) is 0 Å². The zero-order valence-electron chi connectivity index (χ0n) is 2.49. The van der Waals surface area contributed by atoms with Crippen LogP contribution in [0.4, 0.5) is 0 Å². The first kappa shape index (κ1) is 9.38. The van der Waals surface area contributed by atoms with Crippen molar-refractivity contribution in [1.82, 2.24) is 0 Å². The minimum absolute atomic E-state index is 0.472. The van der Waals surface area contributed by atoms with Crippen molar-refractivity contribution in [1.29, 1.82) is 0 Å². The van der Waals surface area contributed by atoms with Crippen molar-refractivity contribution in [3.63, 3.8) is 0 Å². The van der Waals surface area contributed by atoms with Crippen molar-refractivity contribution < 1.29 is 16.5 Å². The summed E-state index contributed by atoms with van der Waals surface area (Å²) in [6.07, 6.45) is 0. The van der Waals surface area contributed by atoms with Crippen molar-refractivity contribution in [2.24, 2.45) is 0 Å². The molecule has 0 unspecified atom stereocenters. The van der Waals surface area contributed by atoms with E-state index >= 15 is 0 Å². The zero-order valence-corrected chi connectivity index (χ0v) is 6.27. The van der Waals surface area contributed by atoms with Gasteiger partial charge in [0, 0.05) is 0 Å². The standard InChI is InChI=1S/C2H4.2ClH.Pt/c1-2;;;/h1-2H2;2*1H;/q;;;+2/p-2. The Morgan fingerprint density at radius 1 is 1.20 bits per heavy atom. The van der Waals surface area contributed by atoms with E-state index in [2.05, 4.69) is 13.2 Å². The van der Waals surface area contributed by atoms with E-state index in [1.54, 1.807) is 0 Å². The molecule has 0 aliphatic heterocycles. The molecule has 0 aromatic heterocycles. The predicted molar refractivity (Wildman–Crippen MR) is 23.0 cm³/mol. The fourth-order valence-corrected chi connectivity index (χ4v) is 0. The second-order valence-electron chi connectivity index (χ2n) is 0.0452. The molecule has 0 saturated heterocycles. The van der Waals surface area contributed by atoms with Crippen molar-refractivity contribution in [3.8, 4) is 0 Å². The van der Waals surface area contributed by atoms with Crippen molar-refractivity contribution in [3.05, 3.63) is 13.2 Å². The molecule has 3 heteroatoms. The summed E-state index contributed by atoms with van der Waals surface area (Å²) in [6, 6.07) is 0. The van der Waals surface area contributed by atoms with Gasteiger partial charge in [-0.15, -0.1) is 13.2 Å². The van der Waals surface area contributed by atoms with E-state index in [1.165, 1.54) is 0 Å². The molecular weight excluding hydrogens is 290 g/mol.